The van der Waals surface area contributed by atoms with Gasteiger partial charge in [-0.25, -0.2) is 4.79 Å². The Morgan fingerprint density at radius 1 is 0.767 bits per heavy atom. The van der Waals surface area contributed by atoms with Crippen molar-refractivity contribution >= 4 is 35.9 Å². The van der Waals surface area contributed by atoms with Crippen LogP contribution in [0, 0.1) is 0 Å². The third-order valence-corrected chi connectivity index (χ3v) is 5.71. The fourth-order valence-electron chi connectivity index (χ4n) is 4.03. The van der Waals surface area contributed by atoms with Crippen LogP contribution in [0.2, 0.25) is 0 Å². The Hall–Kier alpha value is -3.50. The first kappa shape index (κ1) is 37.5. The molecular weight excluding hydrogens is 576 g/mol. The van der Waals surface area contributed by atoms with Crippen molar-refractivity contribution in [2.75, 3.05) is 47.0 Å². The molecule has 16 heteroatoms. The van der Waals surface area contributed by atoms with Gasteiger partial charge in [0.05, 0.1) is 33.7 Å². The van der Waals surface area contributed by atoms with E-state index < -0.39 is 72.2 Å². The van der Waals surface area contributed by atoms with Gasteiger partial charge < -0.3 is 43.2 Å². The van der Waals surface area contributed by atoms with Crippen LogP contribution in [0.4, 0.5) is 4.79 Å². The van der Waals surface area contributed by atoms with Gasteiger partial charge >= 0.3 is 35.9 Å². The van der Waals surface area contributed by atoms with Crippen LogP contribution in [0.25, 0.3) is 0 Å². The number of methoxy groups -OCH3 is 2. The molecule has 0 unspecified atom stereocenters. The first-order valence-corrected chi connectivity index (χ1v) is 13.7. The summed E-state index contributed by atoms with van der Waals surface area (Å²) in [5.74, 6) is -3.28. The minimum Gasteiger partial charge on any atom is -0.469 e. The number of rotatable bonds is 15. The zero-order chi connectivity index (χ0) is 32.7. The molecule has 0 aliphatic carbocycles. The number of carbonyl (C=O) groups is 6. The number of alkyl carbamates (subject to hydrolysis) is 1. The second-order valence-corrected chi connectivity index (χ2v) is 10.5. The molecule has 0 aromatic rings. The number of hydrogen-bond acceptors (Lipinski definition) is 15. The van der Waals surface area contributed by atoms with E-state index in [1.807, 2.05) is 0 Å². The Morgan fingerprint density at radius 3 is 1.72 bits per heavy atom. The largest absolute Gasteiger partial charge is 0.469 e. The van der Waals surface area contributed by atoms with Gasteiger partial charge in [0.1, 0.15) is 11.7 Å². The third-order valence-electron chi connectivity index (χ3n) is 5.71. The first-order valence-electron chi connectivity index (χ1n) is 13.7. The number of esters is 5. The normalized spacial score (nSPS) is 21.7. The van der Waals surface area contributed by atoms with E-state index in [2.05, 4.69) is 5.32 Å². The molecule has 1 heterocycles. The predicted octanol–water partition coefficient (Wildman–Crippen LogP) is 0.476. The summed E-state index contributed by atoms with van der Waals surface area (Å²) in [4.78, 5) is 73.7. The van der Waals surface area contributed by atoms with E-state index in [4.69, 9.17) is 37.9 Å². The number of nitrogens with zero attached hydrogens (tertiary/aromatic N) is 1. The summed E-state index contributed by atoms with van der Waals surface area (Å²) < 4.78 is 43.0. The summed E-state index contributed by atoms with van der Waals surface area (Å²) in [6.07, 6.45) is -7.21. The van der Waals surface area contributed by atoms with Crippen LogP contribution < -0.4 is 5.32 Å². The van der Waals surface area contributed by atoms with E-state index in [1.54, 1.807) is 25.7 Å². The molecular formula is C27H44N2O14. The predicted molar refractivity (Wildman–Crippen MR) is 145 cm³/mol. The van der Waals surface area contributed by atoms with E-state index in [1.165, 1.54) is 14.2 Å². The summed E-state index contributed by atoms with van der Waals surface area (Å²) in [5.41, 5.74) is -0.721. The molecule has 1 amide bonds. The highest BCUT2D eigenvalue weighted by atomic mass is 16.7. The molecule has 1 N–H and O–H groups in total. The van der Waals surface area contributed by atoms with Crippen LogP contribution in [-0.2, 0) is 61.9 Å². The third kappa shape index (κ3) is 15.0. The Morgan fingerprint density at radius 2 is 1.26 bits per heavy atom. The topological polar surface area (TPSA) is 192 Å². The summed E-state index contributed by atoms with van der Waals surface area (Å²) in [7, 11) is 2.47. The monoisotopic (exact) mass is 620 g/mol. The lowest BCUT2D eigenvalue weighted by molar-refractivity contribution is -0.305. The molecule has 0 radical (unpaired) electrons. The Kier molecular flexibility index (Phi) is 15.9. The number of ether oxygens (including phenoxy) is 8. The van der Waals surface area contributed by atoms with Gasteiger partial charge in [-0.05, 0) is 20.8 Å². The average molecular weight is 621 g/mol. The van der Waals surface area contributed by atoms with Crippen molar-refractivity contribution in [3.63, 3.8) is 0 Å². The molecule has 0 aromatic heterocycles. The Bertz CT molecular complexity index is 946. The van der Waals surface area contributed by atoms with Crippen molar-refractivity contribution in [3.8, 4) is 0 Å². The van der Waals surface area contributed by atoms with Crippen LogP contribution in [0.1, 0.15) is 54.4 Å². The lowest BCUT2D eigenvalue weighted by atomic mass is 9.97. The van der Waals surface area contributed by atoms with Gasteiger partial charge in [-0.1, -0.05) is 0 Å². The highest BCUT2D eigenvalue weighted by Gasteiger charge is 2.52. The number of hydrogen-bond donors (Lipinski definition) is 1. The van der Waals surface area contributed by atoms with E-state index in [9.17, 15) is 28.8 Å². The van der Waals surface area contributed by atoms with Crippen molar-refractivity contribution < 1.29 is 66.7 Å². The summed E-state index contributed by atoms with van der Waals surface area (Å²) >= 11 is 0. The number of carbonyl (C=O) groups excluding carboxylic acids is 6. The van der Waals surface area contributed by atoms with Crippen molar-refractivity contribution in [2.24, 2.45) is 0 Å². The molecule has 1 fully saturated rings. The highest BCUT2D eigenvalue weighted by Crippen LogP contribution is 2.30. The van der Waals surface area contributed by atoms with Gasteiger partial charge in [-0.2, -0.15) is 0 Å². The minimum absolute atomic E-state index is 0.0256. The number of amides is 1. The maximum absolute atomic E-state index is 12.1. The molecule has 5 atom stereocenters. The molecule has 1 rings (SSSR count). The maximum Gasteiger partial charge on any atom is 0.407 e. The van der Waals surface area contributed by atoms with Gasteiger partial charge in [-0.3, -0.25) is 28.9 Å². The summed E-state index contributed by atoms with van der Waals surface area (Å²) in [5, 5.41) is 2.52. The van der Waals surface area contributed by atoms with Gasteiger partial charge in [0.15, 0.2) is 24.6 Å². The molecule has 246 valence electrons. The molecule has 1 saturated heterocycles. The molecule has 0 saturated carbocycles. The van der Waals surface area contributed by atoms with E-state index >= 15 is 0 Å². The van der Waals surface area contributed by atoms with Crippen molar-refractivity contribution in [2.45, 2.75) is 90.7 Å². The van der Waals surface area contributed by atoms with Gasteiger partial charge in [0.25, 0.3) is 0 Å². The summed E-state index contributed by atoms with van der Waals surface area (Å²) in [6, 6.07) is 0. The van der Waals surface area contributed by atoms with Crippen LogP contribution >= 0.6 is 0 Å². The zero-order valence-corrected chi connectivity index (χ0v) is 26.0. The molecule has 43 heavy (non-hydrogen) atoms. The Labute approximate surface area is 250 Å². The fraction of sp³-hybridized carbons (Fsp3) is 0.778. The molecule has 1 aliphatic heterocycles. The molecule has 1 aliphatic rings. The van der Waals surface area contributed by atoms with Crippen molar-refractivity contribution in [1.82, 2.24) is 10.2 Å². The van der Waals surface area contributed by atoms with Crippen molar-refractivity contribution in [3.05, 3.63) is 0 Å². The first-order chi connectivity index (χ1) is 20.1. The Balaban J connectivity index is 3.31. The van der Waals surface area contributed by atoms with Gasteiger partial charge in [0, 0.05) is 47.0 Å². The fourth-order valence-corrected chi connectivity index (χ4v) is 4.03. The lowest BCUT2D eigenvalue weighted by Gasteiger charge is -2.45. The standard InChI is InChI=1S/C27H44N2O14/c1-16(30)39-22-19(15-29(12-9-20(33)36-7)13-10-21(34)37-8)42-25(24(41-18(3)32)23(22)40-17(2)31)38-14-11-28-26(35)43-27(4,5)6/h19,22-25H,9-15H2,1-8H3,(H,28,35)/t19-,22-,23+,24-,25-/m1/s1. The van der Waals surface area contributed by atoms with Gasteiger partial charge in [-0.15, -0.1) is 0 Å². The van der Waals surface area contributed by atoms with Crippen LogP contribution in [-0.4, -0.2) is 124 Å². The quantitative estimate of drug-likeness (QED) is 0.151. The summed E-state index contributed by atoms with van der Waals surface area (Å²) in [6.45, 7) is 8.52. The maximum atomic E-state index is 12.1. The number of nitrogens with one attached hydrogen (secondary N) is 1. The lowest BCUT2D eigenvalue weighted by Crippen LogP contribution is -2.64. The van der Waals surface area contributed by atoms with Crippen LogP contribution in [0.3, 0.4) is 0 Å². The van der Waals surface area contributed by atoms with Crippen LogP contribution in [0.5, 0.6) is 0 Å². The molecule has 16 nitrogen and oxygen atoms in total. The molecule has 0 aromatic carbocycles. The van der Waals surface area contributed by atoms with Gasteiger partial charge in [0.2, 0.25) is 0 Å². The minimum atomic E-state index is -1.37. The molecule has 0 spiro atoms. The average Bonchev–Trinajstić information content (AvgIpc) is 2.89. The SMILES string of the molecule is COC(=O)CCN(CCC(=O)OC)C[C@H]1O[C@@H](OCCNC(=O)OC(C)(C)C)[C@H](OC(C)=O)[C@@H](OC(C)=O)[C@@H]1OC(C)=O. The highest BCUT2D eigenvalue weighted by molar-refractivity contribution is 5.70. The van der Waals surface area contributed by atoms with E-state index in [0.29, 0.717) is 0 Å². The smallest absolute Gasteiger partial charge is 0.407 e. The van der Waals surface area contributed by atoms with E-state index in [-0.39, 0.29) is 45.6 Å². The second kappa shape index (κ2) is 18.2. The van der Waals surface area contributed by atoms with Crippen molar-refractivity contribution in [1.29, 1.82) is 0 Å². The molecule has 0 bridgehead atoms. The zero-order valence-electron chi connectivity index (χ0n) is 26.0. The second-order valence-electron chi connectivity index (χ2n) is 10.5. The van der Waals surface area contributed by atoms with E-state index in [0.717, 1.165) is 20.8 Å². The van der Waals surface area contributed by atoms with Crippen LogP contribution in [0.15, 0.2) is 0 Å².